The summed E-state index contributed by atoms with van der Waals surface area (Å²) in [6.07, 6.45) is 5.68. The second-order valence-corrected chi connectivity index (χ2v) is 3.35. The SMILES string of the molecule is CCn1cc(C2CCCCO2)nn1. The van der Waals surface area contributed by atoms with Gasteiger partial charge in [0.05, 0.1) is 6.20 Å². The molecule has 4 heteroatoms. The highest BCUT2D eigenvalue weighted by Gasteiger charge is 2.18. The summed E-state index contributed by atoms with van der Waals surface area (Å²) in [5.74, 6) is 0. The minimum Gasteiger partial charge on any atom is -0.372 e. The molecule has 1 aromatic heterocycles. The minimum atomic E-state index is 0.189. The lowest BCUT2D eigenvalue weighted by Crippen LogP contribution is -2.11. The first kappa shape index (κ1) is 8.69. The molecule has 1 aliphatic heterocycles. The number of hydrogen-bond donors (Lipinski definition) is 0. The third kappa shape index (κ3) is 1.88. The van der Waals surface area contributed by atoms with E-state index in [4.69, 9.17) is 4.74 Å². The molecule has 1 fully saturated rings. The molecular weight excluding hydrogens is 166 g/mol. The topological polar surface area (TPSA) is 39.9 Å². The van der Waals surface area contributed by atoms with E-state index < -0.39 is 0 Å². The maximum absolute atomic E-state index is 5.61. The number of hydrogen-bond acceptors (Lipinski definition) is 3. The molecule has 1 aromatic rings. The second kappa shape index (κ2) is 3.87. The largest absolute Gasteiger partial charge is 0.372 e. The van der Waals surface area contributed by atoms with E-state index >= 15 is 0 Å². The lowest BCUT2D eigenvalue weighted by atomic mass is 10.1. The standard InChI is InChI=1S/C9H15N3O/c1-2-12-7-8(10-11-12)9-5-3-4-6-13-9/h7,9H,2-6H2,1H3. The Labute approximate surface area is 77.9 Å². The second-order valence-electron chi connectivity index (χ2n) is 3.35. The van der Waals surface area contributed by atoms with E-state index in [9.17, 15) is 0 Å². The van der Waals surface area contributed by atoms with E-state index in [2.05, 4.69) is 17.2 Å². The Morgan fingerprint density at radius 3 is 3.15 bits per heavy atom. The van der Waals surface area contributed by atoms with Gasteiger partial charge in [-0.25, -0.2) is 0 Å². The van der Waals surface area contributed by atoms with Gasteiger partial charge >= 0.3 is 0 Å². The lowest BCUT2D eigenvalue weighted by molar-refractivity contribution is 0.0122. The first-order chi connectivity index (χ1) is 6.40. The van der Waals surface area contributed by atoms with E-state index in [0.717, 1.165) is 25.3 Å². The van der Waals surface area contributed by atoms with Crippen molar-refractivity contribution in [2.75, 3.05) is 6.61 Å². The fourth-order valence-electron chi connectivity index (χ4n) is 1.59. The molecule has 2 rings (SSSR count). The van der Waals surface area contributed by atoms with Crippen molar-refractivity contribution in [3.63, 3.8) is 0 Å². The number of aromatic nitrogens is 3. The Morgan fingerprint density at radius 2 is 2.54 bits per heavy atom. The summed E-state index contributed by atoms with van der Waals surface area (Å²) in [4.78, 5) is 0. The van der Waals surface area contributed by atoms with E-state index in [1.165, 1.54) is 12.8 Å². The van der Waals surface area contributed by atoms with Gasteiger partial charge in [-0.2, -0.15) is 0 Å². The van der Waals surface area contributed by atoms with Crippen LogP contribution in [0, 0.1) is 0 Å². The minimum absolute atomic E-state index is 0.189. The van der Waals surface area contributed by atoms with Crippen LogP contribution in [0.25, 0.3) is 0 Å². The molecule has 13 heavy (non-hydrogen) atoms. The summed E-state index contributed by atoms with van der Waals surface area (Å²) < 4.78 is 7.45. The van der Waals surface area contributed by atoms with Gasteiger partial charge in [0.2, 0.25) is 0 Å². The molecule has 1 saturated heterocycles. The van der Waals surface area contributed by atoms with Crippen molar-refractivity contribution >= 4 is 0 Å². The molecule has 0 saturated carbocycles. The van der Waals surface area contributed by atoms with Crippen LogP contribution in [0.4, 0.5) is 0 Å². The predicted molar refractivity (Wildman–Crippen MR) is 48.2 cm³/mol. The average molecular weight is 181 g/mol. The van der Waals surface area contributed by atoms with Crippen molar-refractivity contribution in [3.05, 3.63) is 11.9 Å². The third-order valence-corrected chi connectivity index (χ3v) is 2.39. The maximum atomic E-state index is 5.61. The quantitative estimate of drug-likeness (QED) is 0.694. The first-order valence-electron chi connectivity index (χ1n) is 4.92. The van der Waals surface area contributed by atoms with E-state index in [-0.39, 0.29) is 6.10 Å². The predicted octanol–water partition coefficient (Wildman–Crippen LogP) is 1.54. The average Bonchev–Trinajstić information content (AvgIpc) is 2.67. The van der Waals surface area contributed by atoms with Crippen molar-refractivity contribution < 1.29 is 4.74 Å². The van der Waals surface area contributed by atoms with Gasteiger partial charge in [-0.05, 0) is 26.2 Å². The molecule has 0 amide bonds. The fourth-order valence-corrected chi connectivity index (χ4v) is 1.59. The molecule has 0 bridgehead atoms. The van der Waals surface area contributed by atoms with Crippen LogP contribution >= 0.6 is 0 Å². The lowest BCUT2D eigenvalue weighted by Gasteiger charge is -2.19. The zero-order valence-corrected chi connectivity index (χ0v) is 7.94. The van der Waals surface area contributed by atoms with Gasteiger partial charge in [0.15, 0.2) is 0 Å². The molecule has 1 atom stereocenters. The van der Waals surface area contributed by atoms with Crippen molar-refractivity contribution in [2.45, 2.75) is 38.8 Å². The highest BCUT2D eigenvalue weighted by molar-refractivity contribution is 4.98. The Kier molecular flexibility index (Phi) is 2.59. The number of rotatable bonds is 2. The van der Waals surface area contributed by atoms with Crippen LogP contribution < -0.4 is 0 Å². The van der Waals surface area contributed by atoms with Crippen LogP contribution in [0.5, 0.6) is 0 Å². The van der Waals surface area contributed by atoms with Gasteiger partial charge in [0.1, 0.15) is 11.8 Å². The van der Waals surface area contributed by atoms with Crippen molar-refractivity contribution in [1.29, 1.82) is 0 Å². The molecule has 0 radical (unpaired) electrons. The molecule has 0 aromatic carbocycles. The Hall–Kier alpha value is -0.900. The third-order valence-electron chi connectivity index (χ3n) is 2.39. The first-order valence-corrected chi connectivity index (χ1v) is 4.92. The van der Waals surface area contributed by atoms with Gasteiger partial charge in [0.25, 0.3) is 0 Å². The monoisotopic (exact) mass is 181 g/mol. The zero-order valence-electron chi connectivity index (χ0n) is 7.94. The van der Waals surface area contributed by atoms with E-state index in [0.29, 0.717) is 0 Å². The highest BCUT2D eigenvalue weighted by Crippen LogP contribution is 2.25. The van der Waals surface area contributed by atoms with Gasteiger partial charge in [0, 0.05) is 13.2 Å². The van der Waals surface area contributed by atoms with Crippen LogP contribution in [-0.4, -0.2) is 21.6 Å². The van der Waals surface area contributed by atoms with Crippen LogP contribution in [0.3, 0.4) is 0 Å². The van der Waals surface area contributed by atoms with Crippen LogP contribution in [0.2, 0.25) is 0 Å². The Bertz CT molecular complexity index is 266. The van der Waals surface area contributed by atoms with Crippen molar-refractivity contribution in [1.82, 2.24) is 15.0 Å². The smallest absolute Gasteiger partial charge is 0.111 e. The molecule has 1 aliphatic rings. The highest BCUT2D eigenvalue weighted by atomic mass is 16.5. The summed E-state index contributed by atoms with van der Waals surface area (Å²) in [7, 11) is 0. The van der Waals surface area contributed by atoms with Crippen LogP contribution in [0.1, 0.15) is 38.0 Å². The van der Waals surface area contributed by atoms with E-state index in [1.807, 2.05) is 10.9 Å². The summed E-state index contributed by atoms with van der Waals surface area (Å²) in [6, 6.07) is 0. The number of nitrogens with zero attached hydrogens (tertiary/aromatic N) is 3. The fraction of sp³-hybridized carbons (Fsp3) is 0.778. The molecule has 2 heterocycles. The summed E-state index contributed by atoms with van der Waals surface area (Å²) in [6.45, 7) is 3.80. The molecular formula is C9H15N3O. The van der Waals surface area contributed by atoms with Crippen molar-refractivity contribution in [2.24, 2.45) is 0 Å². The van der Waals surface area contributed by atoms with E-state index in [1.54, 1.807) is 0 Å². The molecule has 0 aliphatic carbocycles. The molecule has 72 valence electrons. The van der Waals surface area contributed by atoms with Gasteiger partial charge in [-0.3, -0.25) is 4.68 Å². The van der Waals surface area contributed by atoms with Crippen LogP contribution in [0.15, 0.2) is 6.20 Å². The normalized spacial score (nSPS) is 23.3. The summed E-state index contributed by atoms with van der Waals surface area (Å²) >= 11 is 0. The number of ether oxygens (including phenoxy) is 1. The van der Waals surface area contributed by atoms with Gasteiger partial charge < -0.3 is 4.74 Å². The molecule has 0 spiro atoms. The summed E-state index contributed by atoms with van der Waals surface area (Å²) in [5.41, 5.74) is 0.988. The molecule has 1 unspecified atom stereocenters. The number of aryl methyl sites for hydroxylation is 1. The van der Waals surface area contributed by atoms with Gasteiger partial charge in [-0.1, -0.05) is 5.21 Å². The summed E-state index contributed by atoms with van der Waals surface area (Å²) in [5, 5.41) is 8.10. The molecule has 4 nitrogen and oxygen atoms in total. The van der Waals surface area contributed by atoms with Crippen molar-refractivity contribution in [3.8, 4) is 0 Å². The maximum Gasteiger partial charge on any atom is 0.111 e. The Morgan fingerprint density at radius 1 is 1.62 bits per heavy atom. The van der Waals surface area contributed by atoms with Crippen LogP contribution in [-0.2, 0) is 11.3 Å². The molecule has 0 N–H and O–H groups in total. The zero-order chi connectivity index (χ0) is 9.10. The van der Waals surface area contributed by atoms with Gasteiger partial charge in [-0.15, -0.1) is 5.10 Å². The Balaban J connectivity index is 2.05.